The number of halogens is 1. The third kappa shape index (κ3) is 6.11. The third-order valence-corrected chi connectivity index (χ3v) is 4.50. The van der Waals surface area contributed by atoms with Gasteiger partial charge in [-0.3, -0.25) is 9.59 Å². The number of benzene rings is 3. The highest BCUT2D eigenvalue weighted by atomic mass is 19.1. The summed E-state index contributed by atoms with van der Waals surface area (Å²) < 4.78 is 18.3. The van der Waals surface area contributed by atoms with E-state index in [1.807, 2.05) is 24.3 Å². The quantitative estimate of drug-likeness (QED) is 0.205. The van der Waals surface area contributed by atoms with Crippen LogP contribution in [0.1, 0.15) is 33.5 Å². The van der Waals surface area contributed by atoms with Crippen molar-refractivity contribution in [1.82, 2.24) is 0 Å². The van der Waals surface area contributed by atoms with Gasteiger partial charge in [-0.15, -0.1) is 0 Å². The molecule has 30 heavy (non-hydrogen) atoms. The van der Waals surface area contributed by atoms with Gasteiger partial charge in [-0.1, -0.05) is 55.1 Å². The van der Waals surface area contributed by atoms with Crippen LogP contribution in [-0.4, -0.2) is 11.8 Å². The molecule has 0 aromatic heterocycles. The van der Waals surface area contributed by atoms with Gasteiger partial charge < -0.3 is 4.74 Å². The van der Waals surface area contributed by atoms with Crippen LogP contribution in [0.3, 0.4) is 0 Å². The SMILES string of the molecule is C=Cc1ccc(CCC(=O)Oc2ccc(/C=C/C(=O)c3ccc(F)cc3)cc2)cc1. The normalized spacial score (nSPS) is 10.7. The first-order chi connectivity index (χ1) is 14.5. The van der Waals surface area contributed by atoms with E-state index < -0.39 is 0 Å². The maximum atomic E-state index is 12.9. The number of ketones is 1. The molecule has 0 aliphatic carbocycles. The van der Waals surface area contributed by atoms with Crippen LogP contribution in [0.5, 0.6) is 5.75 Å². The van der Waals surface area contributed by atoms with E-state index in [2.05, 4.69) is 6.58 Å². The van der Waals surface area contributed by atoms with Gasteiger partial charge in [0.1, 0.15) is 11.6 Å². The predicted octanol–water partition coefficient (Wildman–Crippen LogP) is 5.90. The number of carbonyl (C=O) groups is 2. The van der Waals surface area contributed by atoms with E-state index in [0.717, 1.165) is 16.7 Å². The number of aryl methyl sites for hydroxylation is 1. The number of allylic oxidation sites excluding steroid dienone is 1. The van der Waals surface area contributed by atoms with E-state index >= 15 is 0 Å². The summed E-state index contributed by atoms with van der Waals surface area (Å²) in [7, 11) is 0. The molecule has 0 fully saturated rings. The fraction of sp³-hybridized carbons (Fsp3) is 0.0769. The lowest BCUT2D eigenvalue weighted by atomic mass is 10.1. The largest absolute Gasteiger partial charge is 0.427 e. The smallest absolute Gasteiger partial charge is 0.311 e. The minimum atomic E-state index is -0.383. The van der Waals surface area contributed by atoms with Gasteiger partial charge in [-0.25, -0.2) is 4.39 Å². The van der Waals surface area contributed by atoms with Gasteiger partial charge in [0, 0.05) is 12.0 Å². The Morgan fingerprint density at radius 2 is 1.50 bits per heavy atom. The van der Waals surface area contributed by atoms with Crippen molar-refractivity contribution in [3.8, 4) is 5.75 Å². The summed E-state index contributed by atoms with van der Waals surface area (Å²) in [5, 5.41) is 0. The second kappa shape index (κ2) is 10.1. The summed E-state index contributed by atoms with van der Waals surface area (Å²) >= 11 is 0. The van der Waals surface area contributed by atoms with E-state index in [0.29, 0.717) is 17.7 Å². The highest BCUT2D eigenvalue weighted by molar-refractivity contribution is 6.06. The molecule has 0 unspecified atom stereocenters. The average molecular weight is 400 g/mol. The van der Waals surface area contributed by atoms with Crippen LogP contribution in [0.25, 0.3) is 12.2 Å². The van der Waals surface area contributed by atoms with E-state index in [1.165, 1.54) is 30.3 Å². The maximum absolute atomic E-state index is 12.9. The average Bonchev–Trinajstić information content (AvgIpc) is 2.78. The van der Waals surface area contributed by atoms with Crippen molar-refractivity contribution in [3.63, 3.8) is 0 Å². The molecule has 0 N–H and O–H groups in total. The zero-order valence-electron chi connectivity index (χ0n) is 16.4. The summed E-state index contributed by atoms with van der Waals surface area (Å²) in [6.07, 6.45) is 5.73. The van der Waals surface area contributed by atoms with Gasteiger partial charge >= 0.3 is 5.97 Å². The van der Waals surface area contributed by atoms with Crippen LogP contribution in [0.2, 0.25) is 0 Å². The van der Waals surface area contributed by atoms with Gasteiger partial charge in [0.05, 0.1) is 0 Å². The van der Waals surface area contributed by atoms with Crippen molar-refractivity contribution >= 4 is 23.9 Å². The van der Waals surface area contributed by atoms with Crippen LogP contribution in [0, 0.1) is 5.82 Å². The van der Waals surface area contributed by atoms with E-state index in [-0.39, 0.29) is 24.0 Å². The summed E-state index contributed by atoms with van der Waals surface area (Å²) in [5.41, 5.74) is 3.29. The summed E-state index contributed by atoms with van der Waals surface area (Å²) in [5.74, 6) is -0.459. The van der Waals surface area contributed by atoms with Gasteiger partial charge in [-0.2, -0.15) is 0 Å². The molecule has 4 heteroatoms. The minimum Gasteiger partial charge on any atom is -0.427 e. The Labute approximate surface area is 175 Å². The Kier molecular flexibility index (Phi) is 7.06. The zero-order valence-corrected chi connectivity index (χ0v) is 16.4. The number of hydrogen-bond acceptors (Lipinski definition) is 3. The summed E-state index contributed by atoms with van der Waals surface area (Å²) in [6, 6.07) is 20.1. The van der Waals surface area contributed by atoms with Gasteiger partial charge in [-0.05, 0) is 65.6 Å². The molecule has 0 amide bonds. The first kappa shape index (κ1) is 20.9. The zero-order chi connectivity index (χ0) is 21.3. The van der Waals surface area contributed by atoms with Crippen LogP contribution in [0.4, 0.5) is 4.39 Å². The molecule has 3 aromatic rings. The van der Waals surface area contributed by atoms with Crippen LogP contribution in [-0.2, 0) is 11.2 Å². The molecular formula is C26H21FO3. The topological polar surface area (TPSA) is 43.4 Å². The summed E-state index contributed by atoms with van der Waals surface area (Å²) in [4.78, 5) is 24.1. The van der Waals surface area contributed by atoms with E-state index in [1.54, 1.807) is 36.4 Å². The molecule has 0 spiro atoms. The molecule has 0 atom stereocenters. The van der Waals surface area contributed by atoms with Crippen molar-refractivity contribution in [2.24, 2.45) is 0 Å². The Hall–Kier alpha value is -3.79. The van der Waals surface area contributed by atoms with E-state index in [9.17, 15) is 14.0 Å². The second-order valence-electron chi connectivity index (χ2n) is 6.69. The van der Waals surface area contributed by atoms with Crippen molar-refractivity contribution in [2.75, 3.05) is 0 Å². The lowest BCUT2D eigenvalue weighted by Crippen LogP contribution is -2.09. The van der Waals surface area contributed by atoms with Gasteiger partial charge in [0.15, 0.2) is 5.78 Å². The molecule has 3 aromatic carbocycles. The number of carbonyl (C=O) groups excluding carboxylic acids is 2. The molecule has 3 nitrogen and oxygen atoms in total. The minimum absolute atomic E-state index is 0.216. The lowest BCUT2D eigenvalue weighted by Gasteiger charge is -2.05. The van der Waals surface area contributed by atoms with Crippen molar-refractivity contribution < 1.29 is 18.7 Å². The van der Waals surface area contributed by atoms with Gasteiger partial charge in [0.2, 0.25) is 0 Å². The molecule has 0 bridgehead atoms. The highest BCUT2D eigenvalue weighted by Gasteiger charge is 2.06. The molecule has 150 valence electrons. The molecule has 3 rings (SSSR count). The molecule has 0 heterocycles. The Morgan fingerprint density at radius 3 is 2.13 bits per heavy atom. The number of hydrogen-bond donors (Lipinski definition) is 0. The van der Waals surface area contributed by atoms with Crippen molar-refractivity contribution in [2.45, 2.75) is 12.8 Å². The van der Waals surface area contributed by atoms with Crippen molar-refractivity contribution in [1.29, 1.82) is 0 Å². The maximum Gasteiger partial charge on any atom is 0.311 e. The molecule has 0 radical (unpaired) electrons. The van der Waals surface area contributed by atoms with Gasteiger partial charge in [0.25, 0.3) is 0 Å². The number of rotatable bonds is 8. The number of esters is 1. The third-order valence-electron chi connectivity index (χ3n) is 4.50. The molecule has 0 aliphatic rings. The molecular weight excluding hydrogens is 379 g/mol. The fourth-order valence-electron chi connectivity index (χ4n) is 2.78. The Morgan fingerprint density at radius 1 is 0.867 bits per heavy atom. The fourth-order valence-corrected chi connectivity index (χ4v) is 2.78. The monoisotopic (exact) mass is 400 g/mol. The highest BCUT2D eigenvalue weighted by Crippen LogP contribution is 2.15. The Balaban J connectivity index is 1.50. The summed E-state index contributed by atoms with van der Waals surface area (Å²) in [6.45, 7) is 3.72. The van der Waals surface area contributed by atoms with Crippen molar-refractivity contribution in [3.05, 3.63) is 114 Å². The standard InChI is InChI=1S/C26H21FO3/c1-2-19-3-5-20(6-4-19)10-18-26(29)30-24-15-7-21(8-16-24)9-17-25(28)22-11-13-23(27)14-12-22/h2-9,11-17H,1,10,18H2/b17-9+. The first-order valence-corrected chi connectivity index (χ1v) is 9.53. The van der Waals surface area contributed by atoms with Crippen LogP contribution < -0.4 is 4.74 Å². The first-order valence-electron chi connectivity index (χ1n) is 9.53. The molecule has 0 saturated carbocycles. The Bertz CT molecular complexity index is 1050. The molecule has 0 saturated heterocycles. The van der Waals surface area contributed by atoms with Crippen LogP contribution in [0.15, 0.2) is 85.5 Å². The molecule has 0 aliphatic heterocycles. The van der Waals surface area contributed by atoms with Crippen LogP contribution >= 0.6 is 0 Å². The predicted molar refractivity (Wildman–Crippen MR) is 117 cm³/mol. The lowest BCUT2D eigenvalue weighted by molar-refractivity contribution is -0.134. The second-order valence-corrected chi connectivity index (χ2v) is 6.69. The van der Waals surface area contributed by atoms with E-state index in [4.69, 9.17) is 4.74 Å². The number of ether oxygens (including phenoxy) is 1.